The molecule has 0 bridgehead atoms. The van der Waals surface area contributed by atoms with E-state index in [1.807, 2.05) is 18.2 Å². The van der Waals surface area contributed by atoms with Crippen LogP contribution >= 0.6 is 11.6 Å². The monoisotopic (exact) mass is 449 g/mol. The SMILES string of the molecule is CCCCc1ccc(NC(=O)/C(C#N)=C/c2ccc(-c3ccc([N+](=O)[O-])cc3Cl)o2)cc1. The third-order valence-electron chi connectivity index (χ3n) is 4.74. The topological polar surface area (TPSA) is 109 Å². The van der Waals surface area contributed by atoms with E-state index >= 15 is 0 Å². The molecule has 0 fully saturated rings. The van der Waals surface area contributed by atoms with Crippen LogP contribution in [0.4, 0.5) is 11.4 Å². The molecule has 1 N–H and O–H groups in total. The number of halogens is 1. The van der Waals surface area contributed by atoms with Gasteiger partial charge in [-0.2, -0.15) is 5.26 Å². The number of anilines is 1. The minimum atomic E-state index is -0.555. The first-order chi connectivity index (χ1) is 15.4. The number of nitro groups is 1. The molecule has 0 radical (unpaired) electrons. The van der Waals surface area contributed by atoms with Crippen LogP contribution in [-0.4, -0.2) is 10.8 Å². The predicted molar refractivity (Wildman–Crippen MR) is 123 cm³/mol. The number of nitrogens with one attached hydrogen (secondary N) is 1. The van der Waals surface area contributed by atoms with Crippen molar-refractivity contribution in [1.29, 1.82) is 5.26 Å². The van der Waals surface area contributed by atoms with E-state index in [0.717, 1.165) is 19.3 Å². The van der Waals surface area contributed by atoms with Gasteiger partial charge < -0.3 is 9.73 Å². The van der Waals surface area contributed by atoms with Crippen molar-refractivity contribution in [3.05, 3.63) is 86.6 Å². The maximum Gasteiger partial charge on any atom is 0.270 e. The first-order valence-electron chi connectivity index (χ1n) is 9.97. The van der Waals surface area contributed by atoms with Crippen molar-refractivity contribution >= 4 is 35.0 Å². The number of amides is 1. The number of non-ortho nitro benzene ring substituents is 1. The predicted octanol–water partition coefficient (Wildman–Crippen LogP) is 6.40. The van der Waals surface area contributed by atoms with Crippen LogP contribution in [0.25, 0.3) is 17.4 Å². The van der Waals surface area contributed by atoms with Gasteiger partial charge in [0.1, 0.15) is 23.2 Å². The molecule has 162 valence electrons. The molecule has 8 heteroatoms. The van der Waals surface area contributed by atoms with Crippen LogP contribution in [0.3, 0.4) is 0 Å². The average molecular weight is 450 g/mol. The Morgan fingerprint density at radius 2 is 1.97 bits per heavy atom. The third kappa shape index (κ3) is 5.62. The first-order valence-corrected chi connectivity index (χ1v) is 10.3. The standard InChI is InChI=1S/C24H20ClN3O4/c1-2-3-4-16-5-7-18(8-6-16)27-24(29)17(15-26)13-20-10-12-23(32-20)21-11-9-19(28(30)31)14-22(21)25/h5-14H,2-4H2,1H3,(H,27,29)/b17-13+. The van der Waals surface area contributed by atoms with E-state index in [2.05, 4.69) is 12.2 Å². The first kappa shape index (κ1) is 22.8. The number of carbonyl (C=O) groups is 1. The van der Waals surface area contributed by atoms with Crippen molar-refractivity contribution in [2.75, 3.05) is 5.32 Å². The smallest absolute Gasteiger partial charge is 0.270 e. The van der Waals surface area contributed by atoms with Crippen LogP contribution in [0.1, 0.15) is 31.1 Å². The van der Waals surface area contributed by atoms with E-state index in [9.17, 15) is 20.2 Å². The van der Waals surface area contributed by atoms with Crippen molar-refractivity contribution in [2.24, 2.45) is 0 Å². The summed E-state index contributed by atoms with van der Waals surface area (Å²) in [6.07, 6.45) is 4.52. The molecule has 32 heavy (non-hydrogen) atoms. The van der Waals surface area contributed by atoms with E-state index in [1.54, 1.807) is 24.3 Å². The van der Waals surface area contributed by atoms with Crippen LogP contribution in [0.15, 0.2) is 64.6 Å². The van der Waals surface area contributed by atoms with Crippen LogP contribution in [-0.2, 0) is 11.2 Å². The number of rotatable bonds is 8. The van der Waals surface area contributed by atoms with E-state index in [4.69, 9.17) is 16.0 Å². The molecular weight excluding hydrogens is 430 g/mol. The minimum Gasteiger partial charge on any atom is -0.457 e. The fourth-order valence-electron chi connectivity index (χ4n) is 3.02. The Labute approximate surface area is 190 Å². The summed E-state index contributed by atoms with van der Waals surface area (Å²) in [6, 6.07) is 16.6. The highest BCUT2D eigenvalue weighted by atomic mass is 35.5. The van der Waals surface area contributed by atoms with Crippen LogP contribution in [0.2, 0.25) is 5.02 Å². The van der Waals surface area contributed by atoms with Crippen molar-refractivity contribution < 1.29 is 14.1 Å². The van der Waals surface area contributed by atoms with Gasteiger partial charge >= 0.3 is 0 Å². The highest BCUT2D eigenvalue weighted by molar-refractivity contribution is 6.33. The van der Waals surface area contributed by atoms with Crippen molar-refractivity contribution in [3.8, 4) is 17.4 Å². The van der Waals surface area contributed by atoms with Gasteiger partial charge in [0.25, 0.3) is 11.6 Å². The fraction of sp³-hybridized carbons (Fsp3) is 0.167. The molecule has 0 atom stereocenters. The van der Waals surface area contributed by atoms with E-state index < -0.39 is 10.8 Å². The van der Waals surface area contributed by atoms with Gasteiger partial charge in [-0.3, -0.25) is 14.9 Å². The maximum absolute atomic E-state index is 12.5. The maximum atomic E-state index is 12.5. The quantitative estimate of drug-likeness (QED) is 0.185. The third-order valence-corrected chi connectivity index (χ3v) is 5.05. The Bertz CT molecular complexity index is 1210. The van der Waals surface area contributed by atoms with Crippen LogP contribution < -0.4 is 5.32 Å². The Kier molecular flexibility index (Phi) is 7.42. The number of hydrogen-bond acceptors (Lipinski definition) is 5. The lowest BCUT2D eigenvalue weighted by Crippen LogP contribution is -2.13. The largest absolute Gasteiger partial charge is 0.457 e. The van der Waals surface area contributed by atoms with Gasteiger partial charge in [0.15, 0.2) is 0 Å². The molecule has 1 aromatic heterocycles. The molecule has 1 heterocycles. The molecular formula is C24H20ClN3O4. The zero-order valence-corrected chi connectivity index (χ0v) is 18.1. The molecule has 7 nitrogen and oxygen atoms in total. The van der Waals surface area contributed by atoms with Crippen molar-refractivity contribution in [2.45, 2.75) is 26.2 Å². The Hall–Kier alpha value is -3.89. The molecule has 3 aromatic rings. The summed E-state index contributed by atoms with van der Waals surface area (Å²) in [5.41, 5.74) is 1.98. The zero-order chi connectivity index (χ0) is 23.1. The molecule has 1 amide bonds. The highest BCUT2D eigenvalue weighted by Crippen LogP contribution is 2.32. The number of carbonyl (C=O) groups excluding carboxylic acids is 1. The molecule has 0 aliphatic heterocycles. The number of nitrogens with zero attached hydrogens (tertiary/aromatic N) is 2. The van der Waals surface area contributed by atoms with Crippen LogP contribution in [0, 0.1) is 21.4 Å². The molecule has 0 saturated heterocycles. The number of nitriles is 1. The van der Waals surface area contributed by atoms with Gasteiger partial charge in [0, 0.05) is 29.5 Å². The second-order valence-electron chi connectivity index (χ2n) is 7.05. The van der Waals surface area contributed by atoms with Gasteiger partial charge in [-0.1, -0.05) is 37.1 Å². The lowest BCUT2D eigenvalue weighted by molar-refractivity contribution is -0.384. The number of unbranched alkanes of at least 4 members (excludes halogenated alkanes) is 1. The minimum absolute atomic E-state index is 0.129. The number of aryl methyl sites for hydroxylation is 1. The van der Waals surface area contributed by atoms with Gasteiger partial charge in [0.2, 0.25) is 0 Å². The molecule has 0 aliphatic rings. The Morgan fingerprint density at radius 3 is 2.59 bits per heavy atom. The van der Waals surface area contributed by atoms with Gasteiger partial charge in [0.05, 0.1) is 9.95 Å². The van der Waals surface area contributed by atoms with Crippen LogP contribution in [0.5, 0.6) is 0 Å². The van der Waals surface area contributed by atoms with E-state index in [-0.39, 0.29) is 22.0 Å². The molecule has 0 unspecified atom stereocenters. The summed E-state index contributed by atoms with van der Waals surface area (Å²) < 4.78 is 5.68. The lowest BCUT2D eigenvalue weighted by atomic mass is 10.1. The second-order valence-corrected chi connectivity index (χ2v) is 7.45. The molecule has 3 rings (SSSR count). The molecule has 2 aromatic carbocycles. The number of benzene rings is 2. The fourth-order valence-corrected chi connectivity index (χ4v) is 3.29. The summed E-state index contributed by atoms with van der Waals surface area (Å²) in [4.78, 5) is 22.8. The summed E-state index contributed by atoms with van der Waals surface area (Å²) in [5.74, 6) is 0.0765. The normalized spacial score (nSPS) is 11.1. The number of furan rings is 1. The summed E-state index contributed by atoms with van der Waals surface area (Å²) in [7, 11) is 0. The van der Waals surface area contributed by atoms with Gasteiger partial charge in [-0.25, -0.2) is 0 Å². The molecule has 0 aliphatic carbocycles. The molecule has 0 saturated carbocycles. The van der Waals surface area contributed by atoms with Crippen molar-refractivity contribution in [3.63, 3.8) is 0 Å². The van der Waals surface area contributed by atoms with Gasteiger partial charge in [-0.05, 0) is 48.7 Å². The molecule has 0 spiro atoms. The lowest BCUT2D eigenvalue weighted by Gasteiger charge is -2.06. The Morgan fingerprint density at radius 1 is 1.22 bits per heavy atom. The second kappa shape index (κ2) is 10.4. The number of nitro benzene ring substituents is 1. The average Bonchev–Trinajstić information content (AvgIpc) is 3.25. The van der Waals surface area contributed by atoms with Gasteiger partial charge in [-0.15, -0.1) is 0 Å². The highest BCUT2D eigenvalue weighted by Gasteiger charge is 2.15. The zero-order valence-electron chi connectivity index (χ0n) is 17.3. The Balaban J connectivity index is 1.74. The summed E-state index contributed by atoms with van der Waals surface area (Å²) in [5, 5.41) is 23.1. The van der Waals surface area contributed by atoms with E-state index in [0.29, 0.717) is 17.0 Å². The summed E-state index contributed by atoms with van der Waals surface area (Å²) >= 11 is 6.13. The van der Waals surface area contributed by atoms with Crippen molar-refractivity contribution in [1.82, 2.24) is 0 Å². The summed E-state index contributed by atoms with van der Waals surface area (Å²) in [6.45, 7) is 2.13. The van der Waals surface area contributed by atoms with E-state index in [1.165, 1.54) is 29.8 Å². The number of hydrogen-bond donors (Lipinski definition) is 1.